The van der Waals surface area contributed by atoms with Gasteiger partial charge >= 0.3 is 0 Å². The highest BCUT2D eigenvalue weighted by Gasteiger charge is 2.20. The first-order chi connectivity index (χ1) is 11.4. The van der Waals surface area contributed by atoms with E-state index in [1.807, 2.05) is 39.0 Å². The standard InChI is InChI=1S/C17H24N4O2S/c1-5-10(2)15(18)16-20-21-17(23-16)24-9-14(22)19-13-8-6-7-11(3)12(13)4/h6-8,10,15H,5,9,18H2,1-4H3,(H,19,22)/t10?,15-/m0/s1. The van der Waals surface area contributed by atoms with E-state index in [-0.39, 0.29) is 23.6 Å². The van der Waals surface area contributed by atoms with Crippen LogP contribution in [-0.2, 0) is 4.79 Å². The molecule has 1 amide bonds. The van der Waals surface area contributed by atoms with Gasteiger partial charge in [-0.15, -0.1) is 10.2 Å². The quantitative estimate of drug-likeness (QED) is 0.744. The summed E-state index contributed by atoms with van der Waals surface area (Å²) < 4.78 is 5.55. The van der Waals surface area contributed by atoms with E-state index in [0.717, 1.165) is 23.2 Å². The van der Waals surface area contributed by atoms with Crippen molar-refractivity contribution >= 4 is 23.4 Å². The molecule has 1 aromatic carbocycles. The Morgan fingerprint density at radius 2 is 2.12 bits per heavy atom. The summed E-state index contributed by atoms with van der Waals surface area (Å²) in [7, 11) is 0. The minimum atomic E-state index is -0.277. The van der Waals surface area contributed by atoms with Gasteiger partial charge in [-0.1, -0.05) is 44.2 Å². The van der Waals surface area contributed by atoms with E-state index in [0.29, 0.717) is 11.1 Å². The number of nitrogens with one attached hydrogen (secondary N) is 1. The van der Waals surface area contributed by atoms with Crippen molar-refractivity contribution in [2.45, 2.75) is 45.4 Å². The van der Waals surface area contributed by atoms with Crippen LogP contribution in [0.15, 0.2) is 27.8 Å². The molecule has 0 aliphatic carbocycles. The molecular weight excluding hydrogens is 324 g/mol. The molecule has 0 aliphatic rings. The van der Waals surface area contributed by atoms with Crippen LogP contribution in [0.2, 0.25) is 0 Å². The molecule has 24 heavy (non-hydrogen) atoms. The topological polar surface area (TPSA) is 94.0 Å². The van der Waals surface area contributed by atoms with Crippen molar-refractivity contribution in [2.75, 3.05) is 11.1 Å². The van der Waals surface area contributed by atoms with Crippen LogP contribution in [0.4, 0.5) is 5.69 Å². The zero-order chi connectivity index (χ0) is 17.7. The first-order valence-electron chi connectivity index (χ1n) is 8.00. The number of nitrogens with zero attached hydrogens (tertiary/aromatic N) is 2. The summed E-state index contributed by atoms with van der Waals surface area (Å²) in [5, 5.41) is 11.2. The van der Waals surface area contributed by atoms with Gasteiger partial charge in [0.05, 0.1) is 11.8 Å². The molecule has 0 bridgehead atoms. The number of amides is 1. The molecule has 0 fully saturated rings. The number of thioether (sulfide) groups is 1. The number of aromatic nitrogens is 2. The van der Waals surface area contributed by atoms with Crippen molar-refractivity contribution in [3.63, 3.8) is 0 Å². The molecule has 0 saturated heterocycles. The van der Waals surface area contributed by atoms with Crippen molar-refractivity contribution in [1.82, 2.24) is 10.2 Å². The summed E-state index contributed by atoms with van der Waals surface area (Å²) in [6, 6.07) is 5.55. The van der Waals surface area contributed by atoms with E-state index in [2.05, 4.69) is 22.4 Å². The van der Waals surface area contributed by atoms with Crippen molar-refractivity contribution in [1.29, 1.82) is 0 Å². The maximum Gasteiger partial charge on any atom is 0.277 e. The highest BCUT2D eigenvalue weighted by molar-refractivity contribution is 7.99. The Hall–Kier alpha value is -1.86. The number of benzene rings is 1. The third kappa shape index (κ3) is 4.58. The Balaban J connectivity index is 1.90. The Bertz CT molecular complexity index is 702. The average Bonchev–Trinajstić information content (AvgIpc) is 3.04. The van der Waals surface area contributed by atoms with Gasteiger partial charge in [-0.2, -0.15) is 0 Å². The van der Waals surface area contributed by atoms with Gasteiger partial charge in [-0.25, -0.2) is 0 Å². The Morgan fingerprint density at radius 3 is 2.83 bits per heavy atom. The van der Waals surface area contributed by atoms with Crippen LogP contribution in [-0.4, -0.2) is 21.9 Å². The Labute approximate surface area is 146 Å². The first-order valence-corrected chi connectivity index (χ1v) is 8.98. The molecule has 2 aromatic rings. The van der Waals surface area contributed by atoms with Gasteiger partial charge in [-0.05, 0) is 37.0 Å². The van der Waals surface area contributed by atoms with E-state index in [1.165, 1.54) is 11.8 Å². The van der Waals surface area contributed by atoms with E-state index in [9.17, 15) is 4.79 Å². The van der Waals surface area contributed by atoms with Gasteiger partial charge in [0.25, 0.3) is 5.22 Å². The fraction of sp³-hybridized carbons (Fsp3) is 0.471. The van der Waals surface area contributed by atoms with Crippen molar-refractivity contribution in [2.24, 2.45) is 11.7 Å². The summed E-state index contributed by atoms with van der Waals surface area (Å²) in [6.45, 7) is 8.10. The van der Waals surface area contributed by atoms with Crippen LogP contribution in [0.25, 0.3) is 0 Å². The van der Waals surface area contributed by atoms with Crippen LogP contribution in [0.1, 0.15) is 43.3 Å². The molecule has 3 N–H and O–H groups in total. The lowest BCUT2D eigenvalue weighted by atomic mass is 10.0. The maximum absolute atomic E-state index is 12.1. The fourth-order valence-corrected chi connectivity index (χ4v) is 2.68. The molecule has 7 heteroatoms. The zero-order valence-corrected chi connectivity index (χ0v) is 15.3. The average molecular weight is 348 g/mol. The monoisotopic (exact) mass is 348 g/mol. The van der Waals surface area contributed by atoms with Crippen LogP contribution >= 0.6 is 11.8 Å². The minimum absolute atomic E-state index is 0.111. The first kappa shape index (κ1) is 18.5. The van der Waals surface area contributed by atoms with Crippen molar-refractivity contribution < 1.29 is 9.21 Å². The lowest BCUT2D eigenvalue weighted by Gasteiger charge is -2.13. The SMILES string of the molecule is CCC(C)[C@H](N)c1nnc(SCC(=O)Nc2cccc(C)c2C)o1. The molecule has 6 nitrogen and oxygen atoms in total. The fourth-order valence-electron chi connectivity index (χ4n) is 2.11. The molecular formula is C17H24N4O2S. The third-order valence-corrected chi connectivity index (χ3v) is 4.99. The number of hydrogen-bond donors (Lipinski definition) is 2. The number of carbonyl (C=O) groups is 1. The van der Waals surface area contributed by atoms with Gasteiger partial charge in [0, 0.05) is 5.69 Å². The highest BCUT2D eigenvalue weighted by atomic mass is 32.2. The molecule has 0 spiro atoms. The number of nitrogens with two attached hydrogens (primary N) is 1. The second-order valence-corrected chi connectivity index (χ2v) is 6.83. The number of carbonyl (C=O) groups excluding carboxylic acids is 1. The molecule has 0 saturated carbocycles. The second-order valence-electron chi connectivity index (χ2n) is 5.90. The maximum atomic E-state index is 12.1. The highest BCUT2D eigenvalue weighted by Crippen LogP contribution is 2.24. The van der Waals surface area contributed by atoms with E-state index >= 15 is 0 Å². The summed E-state index contributed by atoms with van der Waals surface area (Å²) in [5.74, 6) is 0.769. The van der Waals surface area contributed by atoms with Crippen molar-refractivity contribution in [3.05, 3.63) is 35.2 Å². The molecule has 2 atom stereocenters. The Morgan fingerprint density at radius 1 is 1.38 bits per heavy atom. The molecule has 1 heterocycles. The van der Waals surface area contributed by atoms with Gasteiger partial charge in [0.15, 0.2) is 0 Å². The van der Waals surface area contributed by atoms with E-state index in [4.69, 9.17) is 10.2 Å². The summed E-state index contributed by atoms with van der Waals surface area (Å²) >= 11 is 1.21. The predicted octanol–water partition coefficient (Wildman–Crippen LogP) is 3.46. The molecule has 1 aromatic heterocycles. The van der Waals surface area contributed by atoms with Crippen LogP contribution < -0.4 is 11.1 Å². The van der Waals surface area contributed by atoms with Gasteiger partial charge in [-0.3, -0.25) is 4.79 Å². The summed E-state index contributed by atoms with van der Waals surface area (Å²) in [5.41, 5.74) is 9.10. The Kier molecular flexibility index (Phi) is 6.39. The lowest BCUT2D eigenvalue weighted by Crippen LogP contribution is -2.18. The molecule has 1 unspecified atom stereocenters. The van der Waals surface area contributed by atoms with Gasteiger partial charge in [0.1, 0.15) is 0 Å². The van der Waals surface area contributed by atoms with E-state index in [1.54, 1.807) is 0 Å². The van der Waals surface area contributed by atoms with Gasteiger partial charge < -0.3 is 15.5 Å². The number of aryl methyl sites for hydroxylation is 1. The van der Waals surface area contributed by atoms with Crippen LogP contribution in [0, 0.1) is 19.8 Å². The van der Waals surface area contributed by atoms with Crippen LogP contribution in [0.3, 0.4) is 0 Å². The smallest absolute Gasteiger partial charge is 0.277 e. The van der Waals surface area contributed by atoms with E-state index < -0.39 is 0 Å². The van der Waals surface area contributed by atoms with Crippen molar-refractivity contribution in [3.8, 4) is 0 Å². The molecule has 0 radical (unpaired) electrons. The minimum Gasteiger partial charge on any atom is -0.414 e. The molecule has 2 rings (SSSR count). The molecule has 130 valence electrons. The predicted molar refractivity (Wildman–Crippen MR) is 96.0 cm³/mol. The lowest BCUT2D eigenvalue weighted by molar-refractivity contribution is -0.113. The summed E-state index contributed by atoms with van der Waals surface area (Å²) in [6.07, 6.45) is 0.935. The van der Waals surface area contributed by atoms with Gasteiger partial charge in [0.2, 0.25) is 11.8 Å². The summed E-state index contributed by atoms with van der Waals surface area (Å²) in [4.78, 5) is 12.1. The third-order valence-electron chi connectivity index (χ3n) is 4.17. The number of hydrogen-bond acceptors (Lipinski definition) is 6. The zero-order valence-electron chi connectivity index (χ0n) is 14.5. The number of rotatable bonds is 7. The number of anilines is 1. The van der Waals surface area contributed by atoms with Crippen LogP contribution in [0.5, 0.6) is 0 Å². The normalized spacial score (nSPS) is 13.5. The largest absolute Gasteiger partial charge is 0.414 e. The molecule has 0 aliphatic heterocycles. The second kappa shape index (κ2) is 8.30.